The fraction of sp³-hybridized carbons (Fsp3) is 0.692. The second-order valence-electron chi connectivity index (χ2n) is 5.05. The highest BCUT2D eigenvalue weighted by atomic mass is 16.5. The molecule has 2 rings (SSSR count). The Labute approximate surface area is 113 Å². The summed E-state index contributed by atoms with van der Waals surface area (Å²) in [5.74, 6) is 0.886. The second-order valence-corrected chi connectivity index (χ2v) is 5.05. The Morgan fingerprint density at radius 1 is 1.63 bits per heavy atom. The molecule has 1 aliphatic carbocycles. The fourth-order valence-corrected chi connectivity index (χ4v) is 1.94. The molecule has 1 unspecified atom stereocenters. The van der Waals surface area contributed by atoms with Gasteiger partial charge in [-0.25, -0.2) is 4.98 Å². The highest BCUT2D eigenvalue weighted by Gasteiger charge is 2.21. The lowest BCUT2D eigenvalue weighted by Crippen LogP contribution is -2.38. The average Bonchev–Trinajstić information content (AvgIpc) is 3.08. The quantitative estimate of drug-likeness (QED) is 0.709. The van der Waals surface area contributed by atoms with Crippen LogP contribution >= 0.6 is 0 Å². The van der Waals surface area contributed by atoms with Gasteiger partial charge in [-0.15, -0.1) is 0 Å². The maximum Gasteiger partial charge on any atom is 0.240 e. The molecule has 0 spiro atoms. The molecular weight excluding hydrogens is 244 g/mol. The maximum atomic E-state index is 11.9. The summed E-state index contributed by atoms with van der Waals surface area (Å²) in [4.78, 5) is 16.1. The Bertz CT molecular complexity index is 415. The van der Waals surface area contributed by atoms with E-state index >= 15 is 0 Å². The Kier molecular flexibility index (Phi) is 4.93. The number of ether oxygens (including phenoxy) is 1. The van der Waals surface area contributed by atoms with Gasteiger partial charge in [-0.05, 0) is 19.8 Å². The van der Waals surface area contributed by atoms with E-state index in [1.807, 2.05) is 17.7 Å². The maximum absolute atomic E-state index is 11.9. The zero-order valence-electron chi connectivity index (χ0n) is 11.6. The molecule has 0 aliphatic heterocycles. The van der Waals surface area contributed by atoms with Crippen LogP contribution in [0.4, 0.5) is 0 Å². The lowest BCUT2D eigenvalue weighted by atomic mass is 10.3. The SMILES string of the molecule is COCC(C)NC(=O)Cn1ccnc1CNC1CC1. The molecular formula is C13H22N4O2. The van der Waals surface area contributed by atoms with Crippen LogP contribution in [-0.2, 0) is 22.6 Å². The molecule has 6 heteroatoms. The summed E-state index contributed by atoms with van der Waals surface area (Å²) in [6.07, 6.45) is 6.06. The third kappa shape index (κ3) is 4.65. The van der Waals surface area contributed by atoms with Gasteiger partial charge in [-0.2, -0.15) is 0 Å². The van der Waals surface area contributed by atoms with E-state index in [0.717, 1.165) is 12.4 Å². The lowest BCUT2D eigenvalue weighted by molar-refractivity contribution is -0.122. The standard InChI is InChI=1S/C13H22N4O2/c1-10(9-19-2)16-13(18)8-17-6-5-14-12(17)7-15-11-3-4-11/h5-6,10-11,15H,3-4,7-9H2,1-2H3,(H,16,18). The number of carbonyl (C=O) groups is 1. The first-order chi connectivity index (χ1) is 9.19. The predicted molar refractivity (Wildman–Crippen MR) is 71.6 cm³/mol. The number of aromatic nitrogens is 2. The van der Waals surface area contributed by atoms with E-state index < -0.39 is 0 Å². The fourth-order valence-electron chi connectivity index (χ4n) is 1.94. The highest BCUT2D eigenvalue weighted by Crippen LogP contribution is 2.18. The number of carbonyl (C=O) groups excluding carboxylic acids is 1. The summed E-state index contributed by atoms with van der Waals surface area (Å²) in [5.41, 5.74) is 0. The minimum Gasteiger partial charge on any atom is -0.383 e. The molecule has 1 aliphatic rings. The molecule has 1 aromatic rings. The van der Waals surface area contributed by atoms with Gasteiger partial charge in [0, 0.05) is 31.6 Å². The van der Waals surface area contributed by atoms with Crippen molar-refractivity contribution >= 4 is 5.91 Å². The molecule has 1 saturated carbocycles. The van der Waals surface area contributed by atoms with Crippen molar-refractivity contribution in [2.75, 3.05) is 13.7 Å². The molecule has 6 nitrogen and oxygen atoms in total. The molecule has 0 saturated heterocycles. The van der Waals surface area contributed by atoms with Gasteiger partial charge in [0.1, 0.15) is 12.4 Å². The Hall–Kier alpha value is -1.40. The number of hydrogen-bond donors (Lipinski definition) is 2. The van der Waals surface area contributed by atoms with Crippen LogP contribution in [0.3, 0.4) is 0 Å². The van der Waals surface area contributed by atoms with Gasteiger partial charge in [-0.3, -0.25) is 4.79 Å². The van der Waals surface area contributed by atoms with Gasteiger partial charge in [0.15, 0.2) is 0 Å². The minimum atomic E-state index is -0.0183. The third-order valence-electron chi connectivity index (χ3n) is 3.07. The van der Waals surface area contributed by atoms with Crippen molar-refractivity contribution in [2.24, 2.45) is 0 Å². The van der Waals surface area contributed by atoms with Crippen LogP contribution in [0, 0.1) is 0 Å². The predicted octanol–water partition coefficient (Wildman–Crippen LogP) is 0.286. The van der Waals surface area contributed by atoms with Gasteiger partial charge in [0.05, 0.1) is 13.2 Å². The van der Waals surface area contributed by atoms with Crippen LogP contribution in [0.2, 0.25) is 0 Å². The number of imidazole rings is 1. The first-order valence-electron chi connectivity index (χ1n) is 6.70. The van der Waals surface area contributed by atoms with Crippen molar-refractivity contribution in [2.45, 2.75) is 44.9 Å². The van der Waals surface area contributed by atoms with Crippen LogP contribution < -0.4 is 10.6 Å². The number of amides is 1. The van der Waals surface area contributed by atoms with Crippen molar-refractivity contribution in [1.29, 1.82) is 0 Å². The van der Waals surface area contributed by atoms with E-state index in [-0.39, 0.29) is 11.9 Å². The second kappa shape index (κ2) is 6.68. The molecule has 1 amide bonds. The van der Waals surface area contributed by atoms with Crippen molar-refractivity contribution in [3.8, 4) is 0 Å². The Balaban J connectivity index is 1.80. The summed E-state index contributed by atoms with van der Waals surface area (Å²) >= 11 is 0. The zero-order valence-corrected chi connectivity index (χ0v) is 11.6. The molecule has 1 aromatic heterocycles. The van der Waals surface area contributed by atoms with E-state index in [1.165, 1.54) is 12.8 Å². The van der Waals surface area contributed by atoms with Crippen LogP contribution in [0.25, 0.3) is 0 Å². The normalized spacial score (nSPS) is 16.3. The highest BCUT2D eigenvalue weighted by molar-refractivity contribution is 5.76. The number of hydrogen-bond acceptors (Lipinski definition) is 4. The minimum absolute atomic E-state index is 0.0183. The first-order valence-corrected chi connectivity index (χ1v) is 6.70. The lowest BCUT2D eigenvalue weighted by Gasteiger charge is -2.14. The van der Waals surface area contributed by atoms with E-state index in [9.17, 15) is 4.79 Å². The Morgan fingerprint density at radius 3 is 3.11 bits per heavy atom. The van der Waals surface area contributed by atoms with Gasteiger partial charge in [0.25, 0.3) is 0 Å². The number of rotatable bonds is 8. The van der Waals surface area contributed by atoms with Crippen molar-refractivity contribution in [3.63, 3.8) is 0 Å². The van der Waals surface area contributed by atoms with E-state index in [0.29, 0.717) is 19.2 Å². The van der Waals surface area contributed by atoms with Crippen molar-refractivity contribution < 1.29 is 9.53 Å². The molecule has 1 heterocycles. The van der Waals surface area contributed by atoms with Gasteiger partial charge in [-0.1, -0.05) is 0 Å². The first kappa shape index (κ1) is 14.0. The van der Waals surface area contributed by atoms with Crippen LogP contribution in [0.1, 0.15) is 25.6 Å². The molecule has 0 bridgehead atoms. The zero-order chi connectivity index (χ0) is 13.7. The summed E-state index contributed by atoms with van der Waals surface area (Å²) in [7, 11) is 1.63. The van der Waals surface area contributed by atoms with Crippen LogP contribution in [0.15, 0.2) is 12.4 Å². The summed E-state index contributed by atoms with van der Waals surface area (Å²) in [6, 6.07) is 0.662. The number of nitrogens with zero attached hydrogens (tertiary/aromatic N) is 2. The van der Waals surface area contributed by atoms with E-state index in [1.54, 1.807) is 13.3 Å². The third-order valence-corrected chi connectivity index (χ3v) is 3.07. The summed E-state index contributed by atoms with van der Waals surface area (Å²) < 4.78 is 6.87. The molecule has 2 N–H and O–H groups in total. The average molecular weight is 266 g/mol. The number of nitrogens with one attached hydrogen (secondary N) is 2. The number of methoxy groups -OCH3 is 1. The Morgan fingerprint density at radius 2 is 2.42 bits per heavy atom. The molecule has 19 heavy (non-hydrogen) atoms. The molecule has 0 aromatic carbocycles. The van der Waals surface area contributed by atoms with Gasteiger partial charge in [0.2, 0.25) is 5.91 Å². The molecule has 1 atom stereocenters. The van der Waals surface area contributed by atoms with E-state index in [2.05, 4.69) is 15.6 Å². The van der Waals surface area contributed by atoms with Crippen LogP contribution in [-0.4, -0.2) is 41.3 Å². The molecule has 1 fully saturated rings. The smallest absolute Gasteiger partial charge is 0.240 e. The van der Waals surface area contributed by atoms with Crippen molar-refractivity contribution in [3.05, 3.63) is 18.2 Å². The summed E-state index contributed by atoms with van der Waals surface area (Å²) in [6.45, 7) is 3.46. The van der Waals surface area contributed by atoms with Crippen molar-refractivity contribution in [1.82, 2.24) is 20.2 Å². The molecule has 0 radical (unpaired) electrons. The largest absolute Gasteiger partial charge is 0.383 e. The van der Waals surface area contributed by atoms with Gasteiger partial charge < -0.3 is 19.9 Å². The topological polar surface area (TPSA) is 68.2 Å². The van der Waals surface area contributed by atoms with E-state index in [4.69, 9.17) is 4.74 Å². The van der Waals surface area contributed by atoms with Gasteiger partial charge >= 0.3 is 0 Å². The van der Waals surface area contributed by atoms with Crippen LogP contribution in [0.5, 0.6) is 0 Å². The molecule has 106 valence electrons. The monoisotopic (exact) mass is 266 g/mol. The summed E-state index contributed by atoms with van der Waals surface area (Å²) in [5, 5.41) is 6.29.